The summed E-state index contributed by atoms with van der Waals surface area (Å²) in [6.07, 6.45) is 48.5. The van der Waals surface area contributed by atoms with Gasteiger partial charge in [-0.3, -0.25) is 37.3 Å². The van der Waals surface area contributed by atoms with E-state index in [2.05, 4.69) is 48.5 Å². The summed E-state index contributed by atoms with van der Waals surface area (Å²) in [4.78, 5) is 72.6. The first kappa shape index (κ1) is 90.1. The molecule has 0 aliphatic carbocycles. The van der Waals surface area contributed by atoms with Crippen LogP contribution in [0.4, 0.5) is 0 Å². The predicted molar refractivity (Wildman–Crippen MR) is 372 cm³/mol. The van der Waals surface area contributed by atoms with Gasteiger partial charge in [0.1, 0.15) is 19.3 Å². The second-order valence-corrected chi connectivity index (χ2v) is 30.4. The van der Waals surface area contributed by atoms with Crippen molar-refractivity contribution in [3.8, 4) is 0 Å². The lowest BCUT2D eigenvalue weighted by atomic mass is 9.99. The summed E-state index contributed by atoms with van der Waals surface area (Å²) in [5.74, 6) is 0.232. The van der Waals surface area contributed by atoms with Crippen LogP contribution in [0.3, 0.4) is 0 Å². The third-order valence-corrected chi connectivity index (χ3v) is 19.1. The van der Waals surface area contributed by atoms with Crippen LogP contribution in [0.5, 0.6) is 0 Å². The first-order chi connectivity index (χ1) is 44.3. The molecule has 0 saturated heterocycles. The molecule has 6 atom stereocenters. The number of phosphoric acid groups is 2. The van der Waals surface area contributed by atoms with Gasteiger partial charge in [0.15, 0.2) is 12.2 Å². The monoisotopic (exact) mass is 1350 g/mol. The first-order valence-electron chi connectivity index (χ1n) is 37.9. The Bertz CT molecular complexity index is 1800. The van der Waals surface area contributed by atoms with Crippen LogP contribution in [0.2, 0.25) is 0 Å². The summed E-state index contributed by atoms with van der Waals surface area (Å²) in [7, 11) is -9.90. The van der Waals surface area contributed by atoms with Gasteiger partial charge in [0.05, 0.1) is 26.4 Å². The minimum Gasteiger partial charge on any atom is -0.462 e. The fourth-order valence-corrected chi connectivity index (χ4v) is 12.6. The number of aliphatic hydroxyl groups is 1. The molecule has 0 aromatic rings. The molecular weight excluding hydrogens is 1210 g/mol. The molecule has 0 aliphatic heterocycles. The van der Waals surface area contributed by atoms with Crippen LogP contribution in [0.15, 0.2) is 0 Å². The molecule has 0 aromatic heterocycles. The fraction of sp³-hybridized carbons (Fsp3) is 0.945. The summed E-state index contributed by atoms with van der Waals surface area (Å²) in [6.45, 7) is 11.9. The van der Waals surface area contributed by atoms with Gasteiger partial charge in [-0.1, -0.05) is 318 Å². The van der Waals surface area contributed by atoms with Crippen molar-refractivity contribution in [2.45, 2.75) is 388 Å². The Morgan fingerprint density at radius 3 is 0.826 bits per heavy atom. The van der Waals surface area contributed by atoms with E-state index in [1.165, 1.54) is 173 Å². The third kappa shape index (κ3) is 65.4. The van der Waals surface area contributed by atoms with Crippen molar-refractivity contribution in [2.24, 2.45) is 17.8 Å². The van der Waals surface area contributed by atoms with E-state index >= 15 is 0 Å². The lowest BCUT2D eigenvalue weighted by Crippen LogP contribution is -2.30. The van der Waals surface area contributed by atoms with Crippen molar-refractivity contribution in [1.82, 2.24) is 0 Å². The van der Waals surface area contributed by atoms with Crippen LogP contribution in [-0.2, 0) is 65.4 Å². The third-order valence-electron chi connectivity index (χ3n) is 17.2. The van der Waals surface area contributed by atoms with Crippen LogP contribution in [0, 0.1) is 17.8 Å². The number of rotatable bonds is 71. The largest absolute Gasteiger partial charge is 0.472 e. The van der Waals surface area contributed by atoms with Crippen LogP contribution >= 0.6 is 15.6 Å². The highest BCUT2D eigenvalue weighted by molar-refractivity contribution is 7.47. The van der Waals surface area contributed by atoms with Gasteiger partial charge in [-0.2, -0.15) is 0 Å². The zero-order chi connectivity index (χ0) is 68.0. The van der Waals surface area contributed by atoms with Gasteiger partial charge in [-0.25, -0.2) is 9.13 Å². The molecule has 0 bridgehead atoms. The molecule has 3 unspecified atom stereocenters. The lowest BCUT2D eigenvalue weighted by molar-refractivity contribution is -0.161. The van der Waals surface area contributed by atoms with Crippen molar-refractivity contribution in [3.05, 3.63) is 0 Å². The molecule has 92 heavy (non-hydrogen) atoms. The number of carbonyl (C=O) groups excluding carboxylic acids is 4. The minimum absolute atomic E-state index is 0.105. The Hall–Kier alpha value is -1.94. The molecule has 0 spiro atoms. The summed E-state index contributed by atoms with van der Waals surface area (Å²) in [5.41, 5.74) is 0. The number of ether oxygens (including phenoxy) is 4. The van der Waals surface area contributed by atoms with Crippen molar-refractivity contribution in [1.29, 1.82) is 0 Å². The summed E-state index contributed by atoms with van der Waals surface area (Å²) in [6, 6.07) is 0. The van der Waals surface area contributed by atoms with Crippen molar-refractivity contribution >= 4 is 39.5 Å². The van der Waals surface area contributed by atoms with E-state index in [9.17, 15) is 43.2 Å². The Kier molecular flexibility index (Phi) is 62.4. The standard InChI is InChI=1S/C73H142O17P2/c1-8-10-11-12-13-33-40-47-54-70(75)83-60-68(89-73(78)57-50-43-36-29-23-21-25-31-38-45-52-65(5)6)62-87-91(79,80)85-58-67(74)59-86-92(81,82)88-63-69(61-84-71(76)55-48-41-34-27-22-20-24-30-37-44-51-64(3)4)90-72(77)56-49-42-35-28-19-17-15-14-16-18-26-32-39-46-53-66(7)9-2/h64-69,74H,8-63H2,1-7H3,(H,79,80)(H,81,82)/t66?,67-,68+,69+/m0/s1. The van der Waals surface area contributed by atoms with E-state index in [0.29, 0.717) is 25.7 Å². The molecule has 0 rings (SSSR count). The molecule has 0 amide bonds. The van der Waals surface area contributed by atoms with E-state index in [-0.39, 0.29) is 25.7 Å². The quantitative estimate of drug-likeness (QED) is 0.0222. The molecule has 0 radical (unpaired) electrons. The highest BCUT2D eigenvalue weighted by atomic mass is 31.2. The normalized spacial score (nSPS) is 14.4. The number of aliphatic hydroxyl groups excluding tert-OH is 1. The summed E-state index contributed by atoms with van der Waals surface area (Å²) in [5, 5.41) is 10.6. The molecule has 3 N–H and O–H groups in total. The van der Waals surface area contributed by atoms with Gasteiger partial charge < -0.3 is 33.8 Å². The Morgan fingerprint density at radius 1 is 0.315 bits per heavy atom. The van der Waals surface area contributed by atoms with Crippen molar-refractivity contribution in [3.63, 3.8) is 0 Å². The van der Waals surface area contributed by atoms with Crippen LogP contribution in [0.1, 0.15) is 370 Å². The highest BCUT2D eigenvalue weighted by Gasteiger charge is 2.30. The Labute approximate surface area is 562 Å². The maximum Gasteiger partial charge on any atom is 0.472 e. The molecule has 546 valence electrons. The Morgan fingerprint density at radius 2 is 0.554 bits per heavy atom. The van der Waals surface area contributed by atoms with Crippen LogP contribution in [-0.4, -0.2) is 96.7 Å². The van der Waals surface area contributed by atoms with Gasteiger partial charge in [0.2, 0.25) is 0 Å². The van der Waals surface area contributed by atoms with E-state index in [4.69, 9.17) is 37.0 Å². The number of unbranched alkanes of at least 4 members (excludes halogenated alkanes) is 38. The molecule has 19 heteroatoms. The number of esters is 4. The highest BCUT2D eigenvalue weighted by Crippen LogP contribution is 2.45. The van der Waals surface area contributed by atoms with E-state index in [1.807, 2.05) is 0 Å². The zero-order valence-corrected chi connectivity index (χ0v) is 61.8. The number of hydrogen-bond acceptors (Lipinski definition) is 15. The fourth-order valence-electron chi connectivity index (χ4n) is 11.0. The number of carbonyl (C=O) groups is 4. The summed E-state index contributed by atoms with van der Waals surface area (Å²) < 4.78 is 68.3. The zero-order valence-electron chi connectivity index (χ0n) is 60.0. The number of hydrogen-bond donors (Lipinski definition) is 3. The maximum atomic E-state index is 13.1. The smallest absolute Gasteiger partial charge is 0.462 e. The topological polar surface area (TPSA) is 237 Å². The molecule has 0 heterocycles. The van der Waals surface area contributed by atoms with Crippen LogP contribution in [0.25, 0.3) is 0 Å². The van der Waals surface area contributed by atoms with Gasteiger partial charge in [-0.05, 0) is 43.4 Å². The minimum atomic E-state index is -4.95. The average molecular weight is 1350 g/mol. The second-order valence-electron chi connectivity index (χ2n) is 27.5. The van der Waals surface area contributed by atoms with Crippen molar-refractivity contribution < 1.29 is 80.2 Å². The maximum absolute atomic E-state index is 13.1. The second kappa shape index (κ2) is 63.8. The molecule has 0 saturated carbocycles. The molecule has 0 aromatic carbocycles. The Balaban J connectivity index is 5.22. The van der Waals surface area contributed by atoms with Gasteiger partial charge in [0.25, 0.3) is 0 Å². The number of phosphoric ester groups is 2. The SMILES string of the molecule is CCCCCCCCCCC(=O)OC[C@H](COP(=O)(O)OC[C@H](O)COP(=O)(O)OC[C@@H](COC(=O)CCCCCCCCCCCCC(C)C)OC(=O)CCCCCCCCCCCCCCCCC(C)CC)OC(=O)CCCCCCCCCCCCC(C)C. The van der Waals surface area contributed by atoms with Gasteiger partial charge in [0, 0.05) is 25.7 Å². The molecule has 17 nitrogen and oxygen atoms in total. The van der Waals surface area contributed by atoms with Gasteiger partial charge in [-0.15, -0.1) is 0 Å². The molecular formula is C73H142O17P2. The average Bonchev–Trinajstić information content (AvgIpc) is 1.63. The first-order valence-corrected chi connectivity index (χ1v) is 40.9. The van der Waals surface area contributed by atoms with Gasteiger partial charge >= 0.3 is 39.5 Å². The molecule has 0 aliphatic rings. The predicted octanol–water partition coefficient (Wildman–Crippen LogP) is 21.0. The summed E-state index contributed by atoms with van der Waals surface area (Å²) >= 11 is 0. The van der Waals surface area contributed by atoms with E-state index < -0.39 is 97.5 Å². The van der Waals surface area contributed by atoms with Crippen molar-refractivity contribution in [2.75, 3.05) is 39.6 Å². The van der Waals surface area contributed by atoms with E-state index in [0.717, 1.165) is 114 Å². The van der Waals surface area contributed by atoms with E-state index in [1.54, 1.807) is 0 Å². The molecule has 0 fully saturated rings. The lowest BCUT2D eigenvalue weighted by Gasteiger charge is -2.21. The van der Waals surface area contributed by atoms with Crippen LogP contribution < -0.4 is 0 Å².